The van der Waals surface area contributed by atoms with E-state index in [0.29, 0.717) is 6.42 Å². The van der Waals surface area contributed by atoms with Gasteiger partial charge in [-0.1, -0.05) is 30.3 Å². The number of non-ortho nitro benzene ring substituents is 1. The summed E-state index contributed by atoms with van der Waals surface area (Å²) in [4.78, 5) is 33.3. The molecule has 2 rings (SSSR count). The molecule has 0 fully saturated rings. The van der Waals surface area contributed by atoms with Crippen molar-refractivity contribution >= 4 is 17.6 Å². The Morgan fingerprint density at radius 1 is 1.08 bits per heavy atom. The number of aryl methyl sites for hydroxylation is 1. The number of carbonyl (C=O) groups excluding carboxylic acids is 1. The molecule has 24 heavy (non-hydrogen) atoms. The van der Waals surface area contributed by atoms with Gasteiger partial charge in [0, 0.05) is 12.1 Å². The maximum Gasteiger partial charge on any atom is 0.345 e. The molecule has 0 aliphatic carbocycles. The Morgan fingerprint density at radius 2 is 1.71 bits per heavy atom. The molecule has 1 unspecified atom stereocenters. The van der Waals surface area contributed by atoms with E-state index in [2.05, 4.69) is 0 Å². The van der Waals surface area contributed by atoms with Crippen molar-refractivity contribution in [3.8, 4) is 0 Å². The maximum atomic E-state index is 12.0. The van der Waals surface area contributed by atoms with E-state index in [4.69, 9.17) is 4.74 Å². The number of nitro benzene ring substituents is 1. The second kappa shape index (κ2) is 7.87. The third-order valence-corrected chi connectivity index (χ3v) is 3.38. The van der Waals surface area contributed by atoms with Crippen LogP contribution in [0, 0.1) is 10.1 Å². The highest BCUT2D eigenvalue weighted by molar-refractivity contribution is 5.91. The van der Waals surface area contributed by atoms with Crippen molar-refractivity contribution in [1.82, 2.24) is 0 Å². The van der Waals surface area contributed by atoms with Crippen LogP contribution < -0.4 is 0 Å². The fraction of sp³-hybridized carbons (Fsp3) is 0.176. The first-order chi connectivity index (χ1) is 11.5. The fourth-order valence-electron chi connectivity index (χ4n) is 2.09. The van der Waals surface area contributed by atoms with Gasteiger partial charge < -0.3 is 9.84 Å². The zero-order valence-electron chi connectivity index (χ0n) is 12.6. The van der Waals surface area contributed by atoms with Crippen LogP contribution in [0.5, 0.6) is 0 Å². The zero-order chi connectivity index (χ0) is 17.5. The smallest absolute Gasteiger partial charge is 0.345 e. The molecule has 2 aromatic rings. The van der Waals surface area contributed by atoms with E-state index in [-0.39, 0.29) is 17.7 Å². The summed E-state index contributed by atoms with van der Waals surface area (Å²) < 4.78 is 5.01. The number of carbonyl (C=O) groups is 2. The molecule has 0 aliphatic heterocycles. The first-order valence-corrected chi connectivity index (χ1v) is 7.19. The van der Waals surface area contributed by atoms with Crippen LogP contribution >= 0.6 is 0 Å². The van der Waals surface area contributed by atoms with Crippen molar-refractivity contribution in [3.05, 3.63) is 75.8 Å². The van der Waals surface area contributed by atoms with Crippen LogP contribution in [0.25, 0.3) is 0 Å². The number of benzene rings is 2. The number of nitro groups is 1. The van der Waals surface area contributed by atoms with Gasteiger partial charge in [0.15, 0.2) is 6.10 Å². The summed E-state index contributed by atoms with van der Waals surface area (Å²) in [7, 11) is 0. The van der Waals surface area contributed by atoms with E-state index >= 15 is 0 Å². The predicted molar refractivity (Wildman–Crippen MR) is 84.7 cm³/mol. The first kappa shape index (κ1) is 17.1. The lowest BCUT2D eigenvalue weighted by atomic mass is 10.1. The summed E-state index contributed by atoms with van der Waals surface area (Å²) in [5, 5.41) is 19.8. The highest BCUT2D eigenvalue weighted by Crippen LogP contribution is 2.15. The van der Waals surface area contributed by atoms with Crippen molar-refractivity contribution < 1.29 is 24.4 Å². The lowest BCUT2D eigenvalue weighted by Gasteiger charge is -2.13. The molecule has 124 valence electrons. The molecule has 2 aromatic carbocycles. The van der Waals surface area contributed by atoms with Crippen LogP contribution in [-0.2, 0) is 16.0 Å². The Balaban J connectivity index is 2.00. The molecule has 7 heteroatoms. The minimum absolute atomic E-state index is 0.0616. The van der Waals surface area contributed by atoms with E-state index in [0.717, 1.165) is 17.7 Å². The Morgan fingerprint density at radius 3 is 2.25 bits per heavy atom. The van der Waals surface area contributed by atoms with Crippen LogP contribution in [0.1, 0.15) is 22.3 Å². The van der Waals surface area contributed by atoms with Gasteiger partial charge in [0.1, 0.15) is 0 Å². The number of hydrogen-bond acceptors (Lipinski definition) is 5. The average molecular weight is 329 g/mol. The zero-order valence-corrected chi connectivity index (χ0v) is 12.6. The monoisotopic (exact) mass is 329 g/mol. The van der Waals surface area contributed by atoms with Crippen molar-refractivity contribution in [3.63, 3.8) is 0 Å². The molecule has 7 nitrogen and oxygen atoms in total. The normalized spacial score (nSPS) is 11.5. The van der Waals surface area contributed by atoms with Gasteiger partial charge in [-0.05, 0) is 30.5 Å². The highest BCUT2D eigenvalue weighted by Gasteiger charge is 2.23. The molecule has 0 aromatic heterocycles. The number of carboxylic acid groups (broad SMARTS) is 1. The molecule has 0 amide bonds. The molecule has 0 saturated carbocycles. The lowest BCUT2D eigenvalue weighted by molar-refractivity contribution is -0.384. The molecule has 0 aliphatic rings. The molecule has 0 heterocycles. The van der Waals surface area contributed by atoms with Gasteiger partial charge in [0.05, 0.1) is 10.5 Å². The Kier molecular flexibility index (Phi) is 5.62. The fourth-order valence-corrected chi connectivity index (χ4v) is 2.09. The van der Waals surface area contributed by atoms with Gasteiger partial charge in [-0.15, -0.1) is 0 Å². The van der Waals surface area contributed by atoms with Crippen molar-refractivity contribution in [1.29, 1.82) is 0 Å². The average Bonchev–Trinajstić information content (AvgIpc) is 2.59. The van der Waals surface area contributed by atoms with Crippen molar-refractivity contribution in [2.75, 3.05) is 0 Å². The summed E-state index contributed by atoms with van der Waals surface area (Å²) in [6.45, 7) is 0. The Hall–Kier alpha value is -3.22. The number of rotatable bonds is 7. The van der Waals surface area contributed by atoms with Gasteiger partial charge in [-0.2, -0.15) is 0 Å². The largest absolute Gasteiger partial charge is 0.479 e. The van der Waals surface area contributed by atoms with Gasteiger partial charge in [0.25, 0.3) is 5.69 Å². The predicted octanol–water partition coefficient (Wildman–Crippen LogP) is 2.84. The van der Waals surface area contributed by atoms with Gasteiger partial charge in [0.2, 0.25) is 0 Å². The topological polar surface area (TPSA) is 107 Å². The van der Waals surface area contributed by atoms with E-state index in [1.807, 2.05) is 30.3 Å². The molecule has 0 saturated heterocycles. The minimum Gasteiger partial charge on any atom is -0.479 e. The number of esters is 1. The van der Waals surface area contributed by atoms with Gasteiger partial charge in [-0.3, -0.25) is 10.1 Å². The van der Waals surface area contributed by atoms with Crippen LogP contribution in [0.2, 0.25) is 0 Å². The number of hydrogen-bond donors (Lipinski definition) is 1. The number of ether oxygens (including phenoxy) is 1. The molecular weight excluding hydrogens is 314 g/mol. The maximum absolute atomic E-state index is 12.0. The van der Waals surface area contributed by atoms with Gasteiger partial charge >= 0.3 is 11.9 Å². The summed E-state index contributed by atoms with van der Waals surface area (Å²) in [5.74, 6) is -2.06. The quantitative estimate of drug-likeness (QED) is 0.475. The van der Waals surface area contributed by atoms with Crippen molar-refractivity contribution in [2.24, 2.45) is 0 Å². The molecular formula is C17H15NO6. The number of aliphatic carboxylic acids is 1. The van der Waals surface area contributed by atoms with Crippen LogP contribution in [0.4, 0.5) is 5.69 Å². The Bertz CT molecular complexity index is 727. The number of nitrogens with zero attached hydrogens (tertiary/aromatic N) is 1. The third kappa shape index (κ3) is 4.64. The highest BCUT2D eigenvalue weighted by atomic mass is 16.6. The standard InChI is InChI=1S/C17H15NO6/c19-16(20)15(11-6-12-4-2-1-3-5-12)24-17(21)13-7-9-14(10-8-13)18(22)23/h1-5,7-10,15H,6,11H2,(H,19,20). The summed E-state index contributed by atoms with van der Waals surface area (Å²) >= 11 is 0. The van der Waals surface area contributed by atoms with Crippen LogP contribution in [0.3, 0.4) is 0 Å². The van der Waals surface area contributed by atoms with Crippen molar-refractivity contribution in [2.45, 2.75) is 18.9 Å². The summed E-state index contributed by atoms with van der Waals surface area (Å²) in [5.41, 5.74) is 0.840. The van der Waals surface area contributed by atoms with Crippen LogP contribution in [0.15, 0.2) is 54.6 Å². The first-order valence-electron chi connectivity index (χ1n) is 7.19. The van der Waals surface area contributed by atoms with E-state index in [9.17, 15) is 24.8 Å². The van der Waals surface area contributed by atoms with E-state index in [1.165, 1.54) is 12.1 Å². The summed E-state index contributed by atoms with van der Waals surface area (Å²) in [6, 6.07) is 14.0. The third-order valence-electron chi connectivity index (χ3n) is 3.38. The van der Waals surface area contributed by atoms with E-state index < -0.39 is 23.0 Å². The Labute approximate surface area is 137 Å². The van der Waals surface area contributed by atoms with Crippen LogP contribution in [-0.4, -0.2) is 28.1 Å². The second-order valence-electron chi connectivity index (χ2n) is 5.06. The summed E-state index contributed by atoms with van der Waals surface area (Å²) in [6.07, 6.45) is -0.698. The number of carboxylic acids is 1. The van der Waals surface area contributed by atoms with E-state index in [1.54, 1.807) is 0 Å². The molecule has 0 spiro atoms. The molecule has 1 N–H and O–H groups in total. The molecule has 0 radical (unpaired) electrons. The second-order valence-corrected chi connectivity index (χ2v) is 5.06. The molecule has 1 atom stereocenters. The SMILES string of the molecule is O=C(OC(CCc1ccccc1)C(=O)O)c1ccc([N+](=O)[O-])cc1. The minimum atomic E-state index is -1.28. The lowest BCUT2D eigenvalue weighted by Crippen LogP contribution is -2.27. The molecule has 0 bridgehead atoms. The van der Waals surface area contributed by atoms with Gasteiger partial charge in [-0.25, -0.2) is 9.59 Å².